The highest BCUT2D eigenvalue weighted by Crippen LogP contribution is 2.50. The first-order valence-electron chi connectivity index (χ1n) is 9.21. The molecule has 1 saturated carbocycles. The maximum Gasteiger partial charge on any atom is 0.167 e. The SMILES string of the molecule is OC[C@H]1O[C@@H](n2cnc3c(NCC4(c5cccs5)CC4)ncnc32)[C@H](O)[C@@H]1O. The first kappa shape index (κ1) is 18.0. The fraction of sp³-hybridized carbons (Fsp3) is 0.500. The lowest BCUT2D eigenvalue weighted by molar-refractivity contribution is -0.0511. The monoisotopic (exact) mass is 403 g/mol. The highest BCUT2D eigenvalue weighted by atomic mass is 32.1. The highest BCUT2D eigenvalue weighted by molar-refractivity contribution is 7.10. The molecule has 10 heteroatoms. The van der Waals surface area contributed by atoms with Crippen LogP contribution in [0.3, 0.4) is 0 Å². The Hall–Kier alpha value is -2.11. The maximum atomic E-state index is 10.3. The number of ether oxygens (including phenoxy) is 1. The van der Waals surface area contributed by atoms with E-state index in [1.807, 2.05) is 0 Å². The Balaban J connectivity index is 1.40. The second kappa shape index (κ2) is 6.75. The van der Waals surface area contributed by atoms with Crippen LogP contribution in [-0.2, 0) is 10.2 Å². The molecule has 5 rings (SSSR count). The van der Waals surface area contributed by atoms with Crippen LogP contribution in [0, 0.1) is 0 Å². The molecule has 1 aliphatic carbocycles. The van der Waals surface area contributed by atoms with E-state index >= 15 is 0 Å². The minimum atomic E-state index is -1.19. The van der Waals surface area contributed by atoms with Crippen LogP contribution >= 0.6 is 11.3 Å². The van der Waals surface area contributed by atoms with Gasteiger partial charge in [-0.3, -0.25) is 4.57 Å². The molecule has 0 aromatic carbocycles. The zero-order chi connectivity index (χ0) is 19.3. The van der Waals surface area contributed by atoms with Gasteiger partial charge in [0.2, 0.25) is 0 Å². The third-order valence-corrected chi connectivity index (χ3v) is 6.76. The number of aliphatic hydroxyl groups is 3. The van der Waals surface area contributed by atoms with Gasteiger partial charge < -0.3 is 25.4 Å². The van der Waals surface area contributed by atoms with E-state index in [2.05, 4.69) is 37.8 Å². The van der Waals surface area contributed by atoms with E-state index in [1.54, 1.807) is 15.9 Å². The fourth-order valence-electron chi connectivity index (χ4n) is 3.77. The molecule has 2 aliphatic rings. The summed E-state index contributed by atoms with van der Waals surface area (Å²) in [6.07, 6.45) is 1.16. The molecule has 28 heavy (non-hydrogen) atoms. The van der Waals surface area contributed by atoms with Gasteiger partial charge in [0.15, 0.2) is 23.2 Å². The van der Waals surface area contributed by atoms with Crippen molar-refractivity contribution in [3.05, 3.63) is 35.0 Å². The third-order valence-electron chi connectivity index (χ3n) is 5.64. The van der Waals surface area contributed by atoms with E-state index in [4.69, 9.17) is 4.74 Å². The summed E-state index contributed by atoms with van der Waals surface area (Å²) >= 11 is 1.77. The van der Waals surface area contributed by atoms with E-state index in [9.17, 15) is 15.3 Å². The van der Waals surface area contributed by atoms with Crippen molar-refractivity contribution in [2.45, 2.75) is 42.8 Å². The van der Waals surface area contributed by atoms with Gasteiger partial charge in [0.1, 0.15) is 24.6 Å². The number of fused-ring (bicyclic) bond motifs is 1. The molecule has 4 atom stereocenters. The third kappa shape index (κ3) is 2.80. The molecule has 4 heterocycles. The first-order chi connectivity index (χ1) is 13.6. The van der Waals surface area contributed by atoms with Crippen LogP contribution in [-0.4, -0.2) is 66.3 Å². The Kier molecular flexibility index (Phi) is 4.33. The summed E-state index contributed by atoms with van der Waals surface area (Å²) in [6.45, 7) is 0.383. The van der Waals surface area contributed by atoms with Gasteiger partial charge in [-0.1, -0.05) is 6.07 Å². The van der Waals surface area contributed by atoms with Crippen molar-refractivity contribution in [1.29, 1.82) is 0 Å². The number of nitrogens with zero attached hydrogens (tertiary/aromatic N) is 4. The number of hydrogen-bond acceptors (Lipinski definition) is 9. The van der Waals surface area contributed by atoms with Gasteiger partial charge >= 0.3 is 0 Å². The lowest BCUT2D eigenvalue weighted by Crippen LogP contribution is -2.33. The number of anilines is 1. The van der Waals surface area contributed by atoms with Crippen LogP contribution in [0.15, 0.2) is 30.2 Å². The molecule has 1 saturated heterocycles. The number of nitrogens with one attached hydrogen (secondary N) is 1. The largest absolute Gasteiger partial charge is 0.394 e. The van der Waals surface area contributed by atoms with Gasteiger partial charge in [-0.05, 0) is 24.3 Å². The summed E-state index contributed by atoms with van der Waals surface area (Å²) in [6, 6.07) is 4.25. The van der Waals surface area contributed by atoms with E-state index in [0.29, 0.717) is 17.0 Å². The molecule has 0 radical (unpaired) electrons. The molecule has 3 aromatic rings. The van der Waals surface area contributed by atoms with Gasteiger partial charge in [-0.25, -0.2) is 15.0 Å². The quantitative estimate of drug-likeness (QED) is 0.473. The van der Waals surface area contributed by atoms with Crippen LogP contribution in [0.25, 0.3) is 11.2 Å². The Labute approximate surface area is 164 Å². The Morgan fingerprint density at radius 1 is 1.25 bits per heavy atom. The molecular formula is C18H21N5O4S. The minimum absolute atomic E-state index is 0.164. The molecule has 0 amide bonds. The van der Waals surface area contributed by atoms with Gasteiger partial charge in [0, 0.05) is 16.8 Å². The van der Waals surface area contributed by atoms with Gasteiger partial charge in [-0.15, -0.1) is 11.3 Å². The van der Waals surface area contributed by atoms with Crippen LogP contribution in [0.5, 0.6) is 0 Å². The molecule has 0 unspecified atom stereocenters. The van der Waals surface area contributed by atoms with Crippen molar-refractivity contribution < 1.29 is 20.1 Å². The standard InChI is InChI=1S/C18H21N5O4S/c24-6-10-13(25)14(26)17(27-10)23-9-22-12-15(20-8-21-16(12)23)19-7-18(3-4-18)11-2-1-5-28-11/h1-2,5,8-10,13-14,17,24-26H,3-4,6-7H2,(H,19,20,21)/t10-,13-,14-,17-/m1/s1. The van der Waals surface area contributed by atoms with Crippen molar-refractivity contribution in [3.63, 3.8) is 0 Å². The molecule has 4 N–H and O–H groups in total. The van der Waals surface area contributed by atoms with Crippen LogP contribution < -0.4 is 5.32 Å². The molecule has 0 bridgehead atoms. The Bertz CT molecular complexity index is 974. The summed E-state index contributed by atoms with van der Waals surface area (Å²) < 4.78 is 7.16. The smallest absolute Gasteiger partial charge is 0.167 e. The van der Waals surface area contributed by atoms with Crippen molar-refractivity contribution in [3.8, 4) is 0 Å². The van der Waals surface area contributed by atoms with Gasteiger partial charge in [0.05, 0.1) is 12.9 Å². The second-order valence-corrected chi connectivity index (χ2v) is 8.33. The van der Waals surface area contributed by atoms with Gasteiger partial charge in [0.25, 0.3) is 0 Å². The number of thiophene rings is 1. The van der Waals surface area contributed by atoms with E-state index in [1.165, 1.54) is 17.5 Å². The van der Waals surface area contributed by atoms with Crippen LogP contribution in [0.4, 0.5) is 5.82 Å². The summed E-state index contributed by atoms with van der Waals surface area (Å²) in [5, 5.41) is 35.1. The zero-order valence-electron chi connectivity index (χ0n) is 15.0. The lowest BCUT2D eigenvalue weighted by atomic mass is 10.1. The van der Waals surface area contributed by atoms with E-state index in [0.717, 1.165) is 19.4 Å². The second-order valence-electron chi connectivity index (χ2n) is 7.39. The first-order valence-corrected chi connectivity index (χ1v) is 10.1. The van der Waals surface area contributed by atoms with Crippen molar-refractivity contribution in [2.24, 2.45) is 0 Å². The normalized spacial score (nSPS) is 28.7. The fourth-order valence-corrected chi connectivity index (χ4v) is 4.76. The minimum Gasteiger partial charge on any atom is -0.394 e. The van der Waals surface area contributed by atoms with Crippen molar-refractivity contribution in [1.82, 2.24) is 19.5 Å². The number of rotatable bonds is 6. The number of aromatic nitrogens is 4. The lowest BCUT2D eigenvalue weighted by Gasteiger charge is -2.17. The summed E-state index contributed by atoms with van der Waals surface area (Å²) in [5.74, 6) is 0.623. The average Bonchev–Trinajstić information content (AvgIpc) is 3.06. The topological polar surface area (TPSA) is 126 Å². The highest BCUT2D eigenvalue weighted by Gasteiger charge is 2.45. The van der Waals surface area contributed by atoms with Gasteiger partial charge in [-0.2, -0.15) is 0 Å². The predicted molar refractivity (Wildman–Crippen MR) is 102 cm³/mol. The van der Waals surface area contributed by atoms with Crippen LogP contribution in [0.1, 0.15) is 23.9 Å². The Morgan fingerprint density at radius 3 is 2.79 bits per heavy atom. The molecule has 3 aromatic heterocycles. The Morgan fingerprint density at radius 2 is 2.11 bits per heavy atom. The molecule has 2 fully saturated rings. The average molecular weight is 403 g/mol. The molecule has 0 spiro atoms. The molecular weight excluding hydrogens is 382 g/mol. The van der Waals surface area contributed by atoms with Crippen molar-refractivity contribution in [2.75, 3.05) is 18.5 Å². The zero-order valence-corrected chi connectivity index (χ0v) is 15.8. The summed E-state index contributed by atoms with van der Waals surface area (Å²) in [4.78, 5) is 14.4. The summed E-state index contributed by atoms with van der Waals surface area (Å²) in [7, 11) is 0. The molecule has 9 nitrogen and oxygen atoms in total. The number of imidazole rings is 1. The molecule has 148 valence electrons. The van der Waals surface area contributed by atoms with Crippen molar-refractivity contribution >= 4 is 28.3 Å². The van der Waals surface area contributed by atoms with E-state index in [-0.39, 0.29) is 12.0 Å². The number of aliphatic hydroxyl groups excluding tert-OH is 3. The maximum absolute atomic E-state index is 10.3. The number of hydrogen-bond donors (Lipinski definition) is 4. The molecule has 1 aliphatic heterocycles. The predicted octanol–water partition coefficient (Wildman–Crippen LogP) is 0.643. The van der Waals surface area contributed by atoms with E-state index < -0.39 is 24.5 Å². The summed E-state index contributed by atoms with van der Waals surface area (Å²) in [5.41, 5.74) is 1.23. The van der Waals surface area contributed by atoms with Crippen LogP contribution in [0.2, 0.25) is 0 Å².